The molecule has 72 valence electrons. The van der Waals surface area contributed by atoms with Crippen molar-refractivity contribution in [1.29, 1.82) is 0 Å². The Morgan fingerprint density at radius 1 is 1.57 bits per heavy atom. The topological polar surface area (TPSA) is 69.2 Å². The molecule has 1 aromatic heterocycles. The minimum absolute atomic E-state index is 0.464. The summed E-state index contributed by atoms with van der Waals surface area (Å²) in [4.78, 5) is 13.5. The van der Waals surface area contributed by atoms with Gasteiger partial charge in [0.05, 0.1) is 0 Å². The third-order valence-electron chi connectivity index (χ3n) is 1.79. The summed E-state index contributed by atoms with van der Waals surface area (Å²) in [7, 11) is 0. The molecule has 1 heterocycles. The number of hydrogen-bond donors (Lipinski definition) is 0. The number of aromatic nitrogens is 1. The number of fused-ring (bicyclic) bond motifs is 1. The molecule has 0 unspecified atom stereocenters. The zero-order chi connectivity index (χ0) is 10.1. The number of rotatable bonds is 2. The normalized spacial score (nSPS) is 10.6. The monoisotopic (exact) mass is 256 g/mol. The van der Waals surface area contributed by atoms with Crippen molar-refractivity contribution in [3.63, 3.8) is 0 Å². The van der Waals surface area contributed by atoms with Crippen LogP contribution in [0.5, 0.6) is 0 Å². The van der Waals surface area contributed by atoms with E-state index < -0.39 is 10.9 Å². The Morgan fingerprint density at radius 2 is 2.36 bits per heavy atom. The Balaban J connectivity index is 2.70. The summed E-state index contributed by atoms with van der Waals surface area (Å²) in [6, 6.07) is 4.82. The molecule has 0 N–H and O–H groups in total. The molecule has 0 atom stereocenters. The fourth-order valence-electron chi connectivity index (χ4n) is 1.18. The zero-order valence-corrected chi connectivity index (χ0v) is 8.52. The van der Waals surface area contributed by atoms with E-state index in [9.17, 15) is 10.1 Å². The van der Waals surface area contributed by atoms with Gasteiger partial charge < -0.3 is 14.5 Å². The van der Waals surface area contributed by atoms with E-state index in [-0.39, 0.29) is 0 Å². The molecule has 0 aliphatic heterocycles. The third kappa shape index (κ3) is 1.37. The van der Waals surface area contributed by atoms with Crippen molar-refractivity contribution >= 4 is 33.0 Å². The first-order valence-corrected chi connectivity index (χ1v) is 4.93. The van der Waals surface area contributed by atoms with Crippen molar-refractivity contribution in [1.82, 2.24) is 4.98 Å². The second kappa shape index (κ2) is 3.38. The Kier molecular flexibility index (Phi) is 2.20. The van der Waals surface area contributed by atoms with E-state index in [1.165, 1.54) is 0 Å². The molecule has 0 bridgehead atoms. The third-order valence-corrected chi connectivity index (χ3v) is 2.39. The highest BCUT2D eigenvalue weighted by Crippen LogP contribution is 2.24. The maximum absolute atomic E-state index is 10.4. The number of nitro groups is 1. The van der Waals surface area contributed by atoms with Crippen molar-refractivity contribution in [2.24, 2.45) is 0 Å². The van der Waals surface area contributed by atoms with E-state index in [1.54, 1.807) is 12.1 Å². The van der Waals surface area contributed by atoms with Gasteiger partial charge in [0.2, 0.25) is 5.52 Å². The lowest BCUT2D eigenvalue weighted by Crippen LogP contribution is -1.85. The standard InChI is InChI=1S/C8H5BrN2O3/c9-4-5-2-1-3-6-7(5)14-8(10-6)11(12)13/h1-3H,4H2. The summed E-state index contributed by atoms with van der Waals surface area (Å²) in [5.74, 6) is 0. The van der Waals surface area contributed by atoms with Gasteiger partial charge in [-0.15, -0.1) is 0 Å². The van der Waals surface area contributed by atoms with Gasteiger partial charge in [0.1, 0.15) is 0 Å². The lowest BCUT2D eigenvalue weighted by Gasteiger charge is -1.91. The van der Waals surface area contributed by atoms with E-state index >= 15 is 0 Å². The molecular weight excluding hydrogens is 252 g/mol. The SMILES string of the molecule is O=[N+]([O-])c1nc2cccc(CBr)c2o1. The number of alkyl halides is 1. The molecule has 0 saturated carbocycles. The second-order valence-corrected chi connectivity index (χ2v) is 3.21. The van der Waals surface area contributed by atoms with Gasteiger partial charge in [0.25, 0.3) is 0 Å². The molecule has 0 saturated heterocycles. The summed E-state index contributed by atoms with van der Waals surface area (Å²) >= 11 is 3.27. The molecule has 2 aromatic rings. The van der Waals surface area contributed by atoms with Gasteiger partial charge in [-0.05, 0) is 6.07 Å². The van der Waals surface area contributed by atoms with E-state index in [0.717, 1.165) is 5.56 Å². The molecule has 1 aromatic carbocycles. The van der Waals surface area contributed by atoms with Gasteiger partial charge in [-0.1, -0.05) is 28.1 Å². The van der Waals surface area contributed by atoms with Crippen LogP contribution in [0.1, 0.15) is 5.56 Å². The van der Waals surface area contributed by atoms with E-state index in [2.05, 4.69) is 20.9 Å². The second-order valence-electron chi connectivity index (χ2n) is 2.65. The van der Waals surface area contributed by atoms with Crippen molar-refractivity contribution < 1.29 is 9.34 Å². The Bertz CT molecular complexity index is 494. The van der Waals surface area contributed by atoms with Crippen LogP contribution in [0.4, 0.5) is 6.01 Å². The molecule has 0 amide bonds. The van der Waals surface area contributed by atoms with Crippen molar-refractivity contribution in [2.75, 3.05) is 0 Å². The van der Waals surface area contributed by atoms with Crippen molar-refractivity contribution in [2.45, 2.75) is 5.33 Å². The highest BCUT2D eigenvalue weighted by molar-refractivity contribution is 9.08. The maximum atomic E-state index is 10.4. The quantitative estimate of drug-likeness (QED) is 0.471. The van der Waals surface area contributed by atoms with Gasteiger partial charge in [0.15, 0.2) is 5.58 Å². The number of hydrogen-bond acceptors (Lipinski definition) is 4. The van der Waals surface area contributed by atoms with Gasteiger partial charge in [0, 0.05) is 20.8 Å². The number of oxazole rings is 1. The average Bonchev–Trinajstić information content (AvgIpc) is 2.60. The van der Waals surface area contributed by atoms with Crippen LogP contribution < -0.4 is 0 Å². The van der Waals surface area contributed by atoms with Crippen LogP contribution in [0.2, 0.25) is 0 Å². The van der Waals surface area contributed by atoms with Gasteiger partial charge in [-0.25, -0.2) is 0 Å². The van der Waals surface area contributed by atoms with Gasteiger partial charge >= 0.3 is 6.01 Å². The fourth-order valence-corrected chi connectivity index (χ4v) is 1.62. The first kappa shape index (κ1) is 9.14. The van der Waals surface area contributed by atoms with Crippen LogP contribution in [0.25, 0.3) is 11.1 Å². The molecule has 0 radical (unpaired) electrons. The molecule has 0 aliphatic carbocycles. The molecule has 0 aliphatic rings. The number of nitrogens with zero attached hydrogens (tertiary/aromatic N) is 2. The Hall–Kier alpha value is -1.43. The van der Waals surface area contributed by atoms with E-state index in [0.29, 0.717) is 16.4 Å². The minimum Gasteiger partial charge on any atom is -0.381 e. The highest BCUT2D eigenvalue weighted by Gasteiger charge is 2.18. The predicted octanol–water partition coefficient (Wildman–Crippen LogP) is 2.63. The van der Waals surface area contributed by atoms with E-state index in [1.807, 2.05) is 6.07 Å². The number of halogens is 1. The summed E-state index contributed by atoms with van der Waals surface area (Å²) in [6.07, 6.45) is 0. The van der Waals surface area contributed by atoms with Crippen LogP contribution in [0.15, 0.2) is 22.6 Å². The first-order valence-electron chi connectivity index (χ1n) is 3.81. The van der Waals surface area contributed by atoms with Crippen molar-refractivity contribution in [3.05, 3.63) is 33.9 Å². The molecular formula is C8H5BrN2O3. The van der Waals surface area contributed by atoms with Gasteiger partial charge in [-0.3, -0.25) is 0 Å². The summed E-state index contributed by atoms with van der Waals surface area (Å²) in [5, 5.41) is 11.0. The predicted molar refractivity (Wildman–Crippen MR) is 53.3 cm³/mol. The van der Waals surface area contributed by atoms with Crippen LogP contribution in [-0.4, -0.2) is 9.91 Å². The van der Waals surface area contributed by atoms with Crippen LogP contribution in [0, 0.1) is 10.1 Å². The van der Waals surface area contributed by atoms with Crippen molar-refractivity contribution in [3.8, 4) is 0 Å². The average molecular weight is 257 g/mol. The first-order chi connectivity index (χ1) is 6.72. The summed E-state index contributed by atoms with van der Waals surface area (Å²) < 4.78 is 5.01. The lowest BCUT2D eigenvalue weighted by atomic mass is 10.2. The number of benzene rings is 1. The Morgan fingerprint density at radius 3 is 3.00 bits per heavy atom. The smallest absolute Gasteiger partial charge is 0.381 e. The Labute approximate surface area is 87.0 Å². The molecule has 5 nitrogen and oxygen atoms in total. The van der Waals surface area contributed by atoms with E-state index in [4.69, 9.17) is 4.42 Å². The van der Waals surface area contributed by atoms with Crippen LogP contribution in [0.3, 0.4) is 0 Å². The fraction of sp³-hybridized carbons (Fsp3) is 0.125. The summed E-state index contributed by atoms with van der Waals surface area (Å²) in [6.45, 7) is 0. The maximum Gasteiger partial charge on any atom is 0.546 e. The zero-order valence-electron chi connectivity index (χ0n) is 6.94. The lowest BCUT2D eigenvalue weighted by molar-refractivity contribution is -0.406. The molecule has 0 fully saturated rings. The highest BCUT2D eigenvalue weighted by atomic mass is 79.9. The van der Waals surface area contributed by atoms with Crippen LogP contribution >= 0.6 is 15.9 Å². The molecule has 0 spiro atoms. The number of para-hydroxylation sites is 1. The molecule has 14 heavy (non-hydrogen) atoms. The minimum atomic E-state index is -0.641. The van der Waals surface area contributed by atoms with Crippen LogP contribution in [-0.2, 0) is 5.33 Å². The molecule has 6 heteroatoms. The molecule has 2 rings (SSSR count). The van der Waals surface area contributed by atoms with Gasteiger partial charge in [-0.2, -0.15) is 0 Å². The summed E-state index contributed by atoms with van der Waals surface area (Å²) in [5.41, 5.74) is 1.83. The largest absolute Gasteiger partial charge is 0.546 e.